The second-order valence-corrected chi connectivity index (χ2v) is 7.63. The zero-order chi connectivity index (χ0) is 24.7. The van der Waals surface area contributed by atoms with Gasteiger partial charge in [-0.1, -0.05) is 0 Å². The minimum Gasteiger partial charge on any atom is -0.508 e. The van der Waals surface area contributed by atoms with Crippen molar-refractivity contribution in [2.24, 2.45) is 0 Å². The number of hydrogen-bond donors (Lipinski definition) is 7. The molecule has 34 heavy (non-hydrogen) atoms. The van der Waals surface area contributed by atoms with Gasteiger partial charge in [-0.2, -0.15) is 0 Å². The lowest BCUT2D eigenvalue weighted by Crippen LogP contribution is -2.60. The number of benzene rings is 2. The number of phenolic OH excluding ortho intramolecular Hbond substituents is 3. The van der Waals surface area contributed by atoms with Crippen LogP contribution in [0.2, 0.25) is 0 Å². The Bertz CT molecular complexity index is 1270. The van der Waals surface area contributed by atoms with Crippen molar-refractivity contribution in [3.63, 3.8) is 0 Å². The van der Waals surface area contributed by atoms with E-state index in [0.717, 1.165) is 12.1 Å². The van der Waals surface area contributed by atoms with Gasteiger partial charge in [-0.05, 0) is 18.2 Å². The maximum atomic E-state index is 13.3. The molecule has 0 radical (unpaired) electrons. The Hall–Kier alpha value is -3.55. The number of aromatic hydroxyl groups is 3. The van der Waals surface area contributed by atoms with Gasteiger partial charge in [0.05, 0.1) is 13.7 Å². The quantitative estimate of drug-likeness (QED) is 0.254. The van der Waals surface area contributed by atoms with Crippen LogP contribution in [0.25, 0.3) is 22.3 Å². The second-order valence-electron chi connectivity index (χ2n) is 7.63. The van der Waals surface area contributed by atoms with Crippen molar-refractivity contribution in [3.05, 3.63) is 40.6 Å². The van der Waals surface area contributed by atoms with E-state index in [1.807, 2.05) is 0 Å². The molecule has 0 amide bonds. The summed E-state index contributed by atoms with van der Waals surface area (Å²) in [5.41, 5.74) is -1.03. The summed E-state index contributed by atoms with van der Waals surface area (Å²) in [6.45, 7) is -0.726. The summed E-state index contributed by atoms with van der Waals surface area (Å²) >= 11 is 0. The molecule has 1 aromatic heterocycles. The largest absolute Gasteiger partial charge is 0.508 e. The predicted molar refractivity (Wildman–Crippen MR) is 114 cm³/mol. The van der Waals surface area contributed by atoms with Gasteiger partial charge in [0.15, 0.2) is 17.3 Å². The minimum atomic E-state index is -1.83. The normalized spacial score (nSPS) is 24.8. The Kier molecular flexibility index (Phi) is 6.25. The lowest BCUT2D eigenvalue weighted by molar-refractivity contribution is -0.277. The maximum absolute atomic E-state index is 13.3. The molecule has 1 saturated heterocycles. The van der Waals surface area contributed by atoms with E-state index in [4.69, 9.17) is 18.6 Å². The SMILES string of the molecule is COc1ccc(-c2oc3cc(O)cc(O)c3c(=O)c2O[C@@H]2O[C@H](CO)[C@H](O)[C@H](O)[C@H]2O)cc1O. The van der Waals surface area contributed by atoms with Gasteiger partial charge in [0.1, 0.15) is 46.9 Å². The first kappa shape index (κ1) is 23.6. The molecule has 1 fully saturated rings. The fourth-order valence-electron chi connectivity index (χ4n) is 3.68. The molecule has 0 bridgehead atoms. The van der Waals surface area contributed by atoms with Gasteiger partial charge in [-0.15, -0.1) is 0 Å². The maximum Gasteiger partial charge on any atom is 0.239 e. The lowest BCUT2D eigenvalue weighted by Gasteiger charge is -2.39. The molecule has 2 heterocycles. The Morgan fingerprint density at radius 3 is 2.35 bits per heavy atom. The van der Waals surface area contributed by atoms with E-state index in [9.17, 15) is 40.5 Å². The molecule has 1 aliphatic rings. The lowest BCUT2D eigenvalue weighted by atomic mass is 9.99. The molecule has 5 atom stereocenters. The van der Waals surface area contributed by atoms with E-state index in [1.54, 1.807) is 0 Å². The molecule has 0 spiro atoms. The Morgan fingerprint density at radius 2 is 1.71 bits per heavy atom. The Labute approximate surface area is 191 Å². The molecule has 12 nitrogen and oxygen atoms in total. The van der Waals surface area contributed by atoms with Crippen molar-refractivity contribution in [2.45, 2.75) is 30.7 Å². The molecule has 0 aliphatic carbocycles. The van der Waals surface area contributed by atoms with Crippen LogP contribution in [0.1, 0.15) is 0 Å². The highest BCUT2D eigenvalue weighted by atomic mass is 16.7. The average molecular weight is 478 g/mol. The molecular formula is C22H22O12. The number of aliphatic hydroxyl groups is 4. The van der Waals surface area contributed by atoms with E-state index < -0.39 is 54.2 Å². The first-order chi connectivity index (χ1) is 16.2. The van der Waals surface area contributed by atoms with Crippen LogP contribution in [0.15, 0.2) is 39.5 Å². The summed E-state index contributed by atoms with van der Waals surface area (Å²) in [5, 5.41) is 69.7. The zero-order valence-electron chi connectivity index (χ0n) is 17.7. The van der Waals surface area contributed by atoms with Gasteiger partial charge in [-0.25, -0.2) is 0 Å². The van der Waals surface area contributed by atoms with Crippen molar-refractivity contribution >= 4 is 11.0 Å². The second kappa shape index (κ2) is 9.00. The molecule has 3 aromatic rings. The number of rotatable bonds is 5. The number of methoxy groups -OCH3 is 1. The highest BCUT2D eigenvalue weighted by Gasteiger charge is 2.45. The van der Waals surface area contributed by atoms with Crippen molar-refractivity contribution < 1.29 is 54.4 Å². The van der Waals surface area contributed by atoms with Gasteiger partial charge >= 0.3 is 0 Å². The van der Waals surface area contributed by atoms with Crippen LogP contribution < -0.4 is 14.9 Å². The molecule has 0 saturated carbocycles. The number of hydrogen-bond acceptors (Lipinski definition) is 12. The zero-order valence-corrected chi connectivity index (χ0v) is 17.7. The van der Waals surface area contributed by atoms with Gasteiger partial charge in [-0.3, -0.25) is 4.79 Å². The third-order valence-electron chi connectivity index (χ3n) is 5.44. The smallest absolute Gasteiger partial charge is 0.239 e. The van der Waals surface area contributed by atoms with Crippen LogP contribution in [-0.2, 0) is 4.74 Å². The van der Waals surface area contributed by atoms with E-state index in [0.29, 0.717) is 0 Å². The standard InChI is InChI=1S/C22H22O12/c1-31-12-3-2-8(4-10(12)25)20-21(17(28)15-11(26)5-9(24)6-13(15)32-20)34-22-19(30)18(29)16(27)14(7-23)33-22/h2-6,14,16,18-19,22-27,29-30H,7H2,1H3/t14-,16+,18+,19-,22+/m1/s1. The summed E-state index contributed by atoms with van der Waals surface area (Å²) in [6, 6.07) is 6.00. The van der Waals surface area contributed by atoms with E-state index in [-0.39, 0.29) is 39.5 Å². The predicted octanol–water partition coefficient (Wildman–Crippen LogP) is -0.236. The molecule has 0 unspecified atom stereocenters. The van der Waals surface area contributed by atoms with E-state index in [2.05, 4.69) is 0 Å². The Morgan fingerprint density at radius 1 is 0.971 bits per heavy atom. The average Bonchev–Trinajstić information content (AvgIpc) is 2.80. The van der Waals surface area contributed by atoms with Crippen LogP contribution in [0.5, 0.6) is 28.7 Å². The van der Waals surface area contributed by atoms with E-state index in [1.165, 1.54) is 25.3 Å². The molecule has 1 aliphatic heterocycles. The van der Waals surface area contributed by atoms with Gasteiger partial charge < -0.3 is 54.4 Å². The fourth-order valence-corrected chi connectivity index (χ4v) is 3.68. The van der Waals surface area contributed by atoms with Gasteiger partial charge in [0.2, 0.25) is 17.5 Å². The van der Waals surface area contributed by atoms with Crippen LogP contribution in [-0.4, -0.2) is 80.2 Å². The first-order valence-corrected chi connectivity index (χ1v) is 10.0. The summed E-state index contributed by atoms with van der Waals surface area (Å²) in [4.78, 5) is 13.3. The molecule has 7 N–H and O–H groups in total. The molecule has 12 heteroatoms. The van der Waals surface area contributed by atoms with E-state index >= 15 is 0 Å². The summed E-state index contributed by atoms with van der Waals surface area (Å²) in [6.07, 6.45) is -8.31. The molecular weight excluding hydrogens is 456 g/mol. The minimum absolute atomic E-state index is 0.111. The van der Waals surface area contributed by atoms with Crippen LogP contribution in [0, 0.1) is 0 Å². The summed E-state index contributed by atoms with van der Waals surface area (Å²) < 4.78 is 21.6. The fraction of sp³-hybridized carbons (Fsp3) is 0.318. The van der Waals surface area contributed by atoms with Gasteiger partial charge in [0.25, 0.3) is 0 Å². The molecule has 4 rings (SSSR count). The number of aliphatic hydroxyl groups excluding tert-OH is 4. The molecule has 2 aromatic carbocycles. The number of ether oxygens (including phenoxy) is 3. The van der Waals surface area contributed by atoms with Crippen molar-refractivity contribution in [2.75, 3.05) is 13.7 Å². The molecule has 182 valence electrons. The van der Waals surface area contributed by atoms with Crippen molar-refractivity contribution in [3.8, 4) is 40.1 Å². The summed E-state index contributed by atoms with van der Waals surface area (Å²) in [5.74, 6) is -2.05. The topological polar surface area (TPSA) is 200 Å². The monoisotopic (exact) mass is 478 g/mol. The van der Waals surface area contributed by atoms with Crippen molar-refractivity contribution in [1.82, 2.24) is 0 Å². The van der Waals surface area contributed by atoms with Crippen LogP contribution >= 0.6 is 0 Å². The first-order valence-electron chi connectivity index (χ1n) is 10.0. The Balaban J connectivity index is 1.90. The number of phenols is 3. The highest BCUT2D eigenvalue weighted by Crippen LogP contribution is 2.39. The third kappa shape index (κ3) is 3.97. The third-order valence-corrected chi connectivity index (χ3v) is 5.44. The van der Waals surface area contributed by atoms with Crippen molar-refractivity contribution in [1.29, 1.82) is 0 Å². The van der Waals surface area contributed by atoms with Crippen LogP contribution in [0.4, 0.5) is 0 Å². The highest BCUT2D eigenvalue weighted by molar-refractivity contribution is 5.88. The summed E-state index contributed by atoms with van der Waals surface area (Å²) in [7, 11) is 1.34. The van der Waals surface area contributed by atoms with Crippen LogP contribution in [0.3, 0.4) is 0 Å². The number of fused-ring (bicyclic) bond motifs is 1. The van der Waals surface area contributed by atoms with Gasteiger partial charge in [0, 0.05) is 17.7 Å².